The smallest absolute Gasteiger partial charge is 0.326 e. The lowest BCUT2D eigenvalue weighted by Crippen LogP contribution is -2.50. The number of carboxylic acids is 1. The van der Waals surface area contributed by atoms with Crippen LogP contribution in [0.3, 0.4) is 0 Å². The van der Waals surface area contributed by atoms with Crippen LogP contribution in [0, 0.1) is 0 Å². The predicted octanol–water partition coefficient (Wildman–Crippen LogP) is -0.0660. The maximum atomic E-state index is 11.7. The molecule has 0 spiro atoms. The molecule has 0 aliphatic heterocycles. The van der Waals surface area contributed by atoms with Crippen LogP contribution in [-0.4, -0.2) is 48.8 Å². The molecule has 0 radical (unpaired) electrons. The highest BCUT2D eigenvalue weighted by molar-refractivity contribution is 5.88. The molecule has 7 nitrogen and oxygen atoms in total. The number of hydrogen-bond acceptors (Lipinski definition) is 5. The third-order valence-corrected chi connectivity index (χ3v) is 2.53. The van der Waals surface area contributed by atoms with E-state index in [1.807, 2.05) is 0 Å². The molecule has 0 aromatic heterocycles. The second-order valence-corrected chi connectivity index (χ2v) is 4.19. The highest BCUT2D eigenvalue weighted by Gasteiger charge is 2.31. The quantitative estimate of drug-likeness (QED) is 0.622. The zero-order valence-electron chi connectivity index (χ0n) is 11.0. The van der Waals surface area contributed by atoms with Crippen molar-refractivity contribution in [3.8, 4) is 0 Å². The largest absolute Gasteiger partial charge is 0.480 e. The molecule has 1 unspecified atom stereocenters. The number of hydrogen-bond donors (Lipinski definition) is 2. The first-order chi connectivity index (χ1) is 8.24. The van der Waals surface area contributed by atoms with Crippen LogP contribution >= 0.6 is 0 Å². The van der Waals surface area contributed by atoms with E-state index in [4.69, 9.17) is 9.84 Å². The van der Waals surface area contributed by atoms with Crippen LogP contribution in [0.25, 0.3) is 0 Å². The Morgan fingerprint density at radius 2 is 1.83 bits per heavy atom. The fraction of sp³-hybridized carbons (Fsp3) is 0.727. The fourth-order valence-electron chi connectivity index (χ4n) is 1.05. The summed E-state index contributed by atoms with van der Waals surface area (Å²) < 4.78 is 9.33. The summed E-state index contributed by atoms with van der Waals surface area (Å²) in [7, 11) is 2.56. The minimum Gasteiger partial charge on any atom is -0.480 e. The monoisotopic (exact) mass is 261 g/mol. The van der Waals surface area contributed by atoms with Crippen molar-refractivity contribution >= 4 is 17.8 Å². The number of ether oxygens (including phenoxy) is 2. The van der Waals surface area contributed by atoms with Crippen LogP contribution in [0.15, 0.2) is 0 Å². The number of nitrogens with one attached hydrogen (secondary N) is 1. The minimum atomic E-state index is -1.21. The molecule has 0 bridgehead atoms. The topological polar surface area (TPSA) is 102 Å². The van der Waals surface area contributed by atoms with Crippen molar-refractivity contribution in [1.82, 2.24) is 5.32 Å². The maximum Gasteiger partial charge on any atom is 0.326 e. The summed E-state index contributed by atoms with van der Waals surface area (Å²) in [4.78, 5) is 33.6. The van der Waals surface area contributed by atoms with Gasteiger partial charge in [0.25, 0.3) is 5.91 Å². The number of amides is 1. The summed E-state index contributed by atoms with van der Waals surface area (Å²) in [5.74, 6) is -2.29. The molecule has 104 valence electrons. The van der Waals surface area contributed by atoms with E-state index in [2.05, 4.69) is 10.1 Å². The summed E-state index contributed by atoms with van der Waals surface area (Å²) in [6.07, 6.45) is -0.116. The van der Waals surface area contributed by atoms with Gasteiger partial charge in [0.05, 0.1) is 7.11 Å². The van der Waals surface area contributed by atoms with Gasteiger partial charge in [0.15, 0.2) is 0 Å². The number of esters is 1. The number of aliphatic carboxylic acids is 1. The summed E-state index contributed by atoms with van der Waals surface area (Å²) >= 11 is 0. The standard InChI is InChI=1S/C11H19NO6/c1-11(2,18-4)10(16)12-7(9(14)15)5-6-8(13)17-3/h7H,5-6H2,1-4H3,(H,12,16)(H,14,15). The molecule has 0 aliphatic carbocycles. The minimum absolute atomic E-state index is 0.0342. The van der Waals surface area contributed by atoms with E-state index in [-0.39, 0.29) is 12.8 Å². The molecule has 1 atom stereocenters. The average molecular weight is 261 g/mol. The summed E-state index contributed by atoms with van der Waals surface area (Å²) in [5, 5.41) is 11.3. The molecule has 0 rings (SSSR count). The molecule has 1 amide bonds. The van der Waals surface area contributed by atoms with E-state index in [1.54, 1.807) is 0 Å². The van der Waals surface area contributed by atoms with Gasteiger partial charge in [-0.05, 0) is 20.3 Å². The first kappa shape index (κ1) is 16.4. The summed E-state index contributed by atoms with van der Waals surface area (Å²) in [6.45, 7) is 3.03. The molecule has 0 aromatic rings. The third-order valence-electron chi connectivity index (χ3n) is 2.53. The Hall–Kier alpha value is -1.63. The van der Waals surface area contributed by atoms with Crippen molar-refractivity contribution in [3.05, 3.63) is 0 Å². The van der Waals surface area contributed by atoms with E-state index in [9.17, 15) is 14.4 Å². The van der Waals surface area contributed by atoms with Crippen LogP contribution < -0.4 is 5.32 Å². The van der Waals surface area contributed by atoms with Gasteiger partial charge in [-0.25, -0.2) is 4.79 Å². The van der Waals surface area contributed by atoms with E-state index in [0.717, 1.165) is 0 Å². The molecule has 0 saturated heterocycles. The fourth-order valence-corrected chi connectivity index (χ4v) is 1.05. The Bertz CT molecular complexity index is 325. The van der Waals surface area contributed by atoms with Gasteiger partial charge in [-0.1, -0.05) is 0 Å². The van der Waals surface area contributed by atoms with Gasteiger partial charge in [-0.3, -0.25) is 9.59 Å². The first-order valence-corrected chi connectivity index (χ1v) is 5.40. The Kier molecular flexibility index (Phi) is 6.32. The van der Waals surface area contributed by atoms with Gasteiger partial charge in [0, 0.05) is 13.5 Å². The predicted molar refractivity (Wildman–Crippen MR) is 61.9 cm³/mol. The van der Waals surface area contributed by atoms with Gasteiger partial charge in [-0.2, -0.15) is 0 Å². The molecular formula is C11H19NO6. The van der Waals surface area contributed by atoms with Crippen molar-refractivity contribution in [3.63, 3.8) is 0 Å². The van der Waals surface area contributed by atoms with Gasteiger partial charge >= 0.3 is 11.9 Å². The lowest BCUT2D eigenvalue weighted by atomic mass is 10.1. The number of rotatable bonds is 7. The zero-order valence-corrected chi connectivity index (χ0v) is 11.0. The van der Waals surface area contributed by atoms with E-state index in [0.29, 0.717) is 0 Å². The van der Waals surface area contributed by atoms with Crippen LogP contribution in [0.2, 0.25) is 0 Å². The second kappa shape index (κ2) is 6.95. The Morgan fingerprint density at radius 1 is 1.28 bits per heavy atom. The second-order valence-electron chi connectivity index (χ2n) is 4.19. The molecule has 18 heavy (non-hydrogen) atoms. The molecule has 0 aromatic carbocycles. The van der Waals surface area contributed by atoms with Crippen molar-refractivity contribution in [1.29, 1.82) is 0 Å². The van der Waals surface area contributed by atoms with Crippen LogP contribution in [0.5, 0.6) is 0 Å². The lowest BCUT2D eigenvalue weighted by molar-refractivity contribution is -0.148. The molecule has 2 N–H and O–H groups in total. The number of carbonyl (C=O) groups is 3. The number of carboxylic acid groups (broad SMARTS) is 1. The van der Waals surface area contributed by atoms with Crippen molar-refractivity contribution in [2.45, 2.75) is 38.3 Å². The van der Waals surface area contributed by atoms with Gasteiger partial charge in [0.2, 0.25) is 0 Å². The van der Waals surface area contributed by atoms with Crippen molar-refractivity contribution < 1.29 is 29.0 Å². The van der Waals surface area contributed by atoms with E-state index < -0.39 is 29.5 Å². The first-order valence-electron chi connectivity index (χ1n) is 5.40. The van der Waals surface area contributed by atoms with Gasteiger partial charge in [-0.15, -0.1) is 0 Å². The molecule has 0 fully saturated rings. The highest BCUT2D eigenvalue weighted by atomic mass is 16.5. The zero-order chi connectivity index (χ0) is 14.3. The summed E-state index contributed by atoms with van der Waals surface area (Å²) in [6, 6.07) is -1.15. The highest BCUT2D eigenvalue weighted by Crippen LogP contribution is 2.09. The molecular weight excluding hydrogens is 242 g/mol. The van der Waals surface area contributed by atoms with Gasteiger partial charge in [0.1, 0.15) is 11.6 Å². The Balaban J connectivity index is 4.50. The van der Waals surface area contributed by atoms with Crippen LogP contribution in [0.4, 0.5) is 0 Å². The van der Waals surface area contributed by atoms with E-state index >= 15 is 0 Å². The molecule has 0 aliphatic rings. The van der Waals surface area contributed by atoms with Gasteiger partial charge < -0.3 is 19.9 Å². The summed E-state index contributed by atoms with van der Waals surface area (Å²) in [5.41, 5.74) is -1.13. The number of methoxy groups -OCH3 is 2. The Morgan fingerprint density at radius 3 is 2.22 bits per heavy atom. The normalized spacial score (nSPS) is 12.7. The third kappa shape index (κ3) is 5.13. The number of carbonyl (C=O) groups excluding carboxylic acids is 2. The average Bonchev–Trinajstić information content (AvgIpc) is 2.32. The van der Waals surface area contributed by atoms with Crippen molar-refractivity contribution in [2.75, 3.05) is 14.2 Å². The van der Waals surface area contributed by atoms with Crippen molar-refractivity contribution in [2.24, 2.45) is 0 Å². The van der Waals surface area contributed by atoms with Crippen LogP contribution in [0.1, 0.15) is 26.7 Å². The molecule has 0 heterocycles. The van der Waals surface area contributed by atoms with Crippen LogP contribution in [-0.2, 0) is 23.9 Å². The van der Waals surface area contributed by atoms with E-state index in [1.165, 1.54) is 28.1 Å². The SMILES string of the molecule is COC(=O)CCC(NC(=O)C(C)(C)OC)C(=O)O. The lowest BCUT2D eigenvalue weighted by Gasteiger charge is -2.24. The maximum absolute atomic E-state index is 11.7. The molecule has 7 heteroatoms. The molecule has 0 saturated carbocycles. The Labute approximate surface area is 105 Å².